The molecule has 0 unspecified atom stereocenters. The molecule has 1 heterocycles. The van der Waals surface area contributed by atoms with Gasteiger partial charge in [-0.05, 0) is 32.4 Å². The van der Waals surface area contributed by atoms with Gasteiger partial charge >= 0.3 is 6.09 Å². The van der Waals surface area contributed by atoms with Gasteiger partial charge in [0.1, 0.15) is 5.60 Å². The van der Waals surface area contributed by atoms with Crippen LogP contribution in [0.5, 0.6) is 0 Å². The average Bonchev–Trinajstić information content (AvgIpc) is 2.95. The minimum atomic E-state index is -0.605. The number of hydrogen-bond donors (Lipinski definition) is 3. The highest BCUT2D eigenvalue weighted by molar-refractivity contribution is 5.92. The van der Waals surface area contributed by atoms with Crippen LogP contribution >= 0.6 is 0 Å². The molecule has 25 heavy (non-hydrogen) atoms. The third-order valence-corrected chi connectivity index (χ3v) is 3.53. The molecule has 0 bridgehead atoms. The van der Waals surface area contributed by atoms with Crippen LogP contribution in [0.4, 0.5) is 4.79 Å². The number of nitrogens with one attached hydrogen (secondary N) is 3. The highest BCUT2D eigenvalue weighted by Crippen LogP contribution is 2.25. The molecule has 1 aromatic carbocycles. The van der Waals surface area contributed by atoms with Gasteiger partial charge in [-0.3, -0.25) is 4.79 Å². The van der Waals surface area contributed by atoms with Gasteiger partial charge in [0.15, 0.2) is 0 Å². The van der Waals surface area contributed by atoms with Gasteiger partial charge in [0.2, 0.25) is 5.91 Å². The number of aromatic nitrogens is 1. The van der Waals surface area contributed by atoms with Gasteiger partial charge in [-0.15, -0.1) is 6.42 Å². The fraction of sp³-hybridized carbons (Fsp3) is 0.368. The highest BCUT2D eigenvalue weighted by atomic mass is 16.6. The van der Waals surface area contributed by atoms with Crippen molar-refractivity contribution in [1.29, 1.82) is 0 Å². The van der Waals surface area contributed by atoms with Gasteiger partial charge in [0.05, 0.1) is 12.5 Å². The van der Waals surface area contributed by atoms with Crippen LogP contribution in [-0.4, -0.2) is 35.7 Å². The number of benzene rings is 1. The van der Waals surface area contributed by atoms with Gasteiger partial charge in [-0.25, -0.2) is 4.79 Å². The van der Waals surface area contributed by atoms with Crippen molar-refractivity contribution in [2.75, 3.05) is 13.1 Å². The SMILES string of the molecule is C#CCNC(=O)[C@H](CNC(=O)OC(C)(C)C)c1c[nH]c2ccccc12. The van der Waals surface area contributed by atoms with Crippen LogP contribution in [0.15, 0.2) is 30.5 Å². The third kappa shape index (κ3) is 5.01. The van der Waals surface area contributed by atoms with Crippen molar-refractivity contribution < 1.29 is 14.3 Å². The van der Waals surface area contributed by atoms with Crippen molar-refractivity contribution in [2.24, 2.45) is 0 Å². The molecule has 6 heteroatoms. The average molecular weight is 341 g/mol. The van der Waals surface area contributed by atoms with Crippen LogP contribution in [0.2, 0.25) is 0 Å². The molecule has 3 N–H and O–H groups in total. The number of alkyl carbamates (subject to hydrolysis) is 1. The summed E-state index contributed by atoms with van der Waals surface area (Å²) in [5.41, 5.74) is 1.11. The second kappa shape index (κ2) is 7.75. The summed E-state index contributed by atoms with van der Waals surface area (Å²) in [6, 6.07) is 7.67. The largest absolute Gasteiger partial charge is 0.444 e. The van der Waals surface area contributed by atoms with Gasteiger partial charge in [0.25, 0.3) is 0 Å². The zero-order valence-electron chi connectivity index (χ0n) is 14.7. The van der Waals surface area contributed by atoms with Gasteiger partial charge in [-0.2, -0.15) is 0 Å². The number of H-pyrrole nitrogens is 1. The second-order valence-corrected chi connectivity index (χ2v) is 6.65. The number of amides is 2. The van der Waals surface area contributed by atoms with Crippen molar-refractivity contribution in [2.45, 2.75) is 32.3 Å². The van der Waals surface area contributed by atoms with Crippen LogP contribution in [0, 0.1) is 12.3 Å². The Morgan fingerprint density at radius 2 is 2.00 bits per heavy atom. The molecule has 0 saturated carbocycles. The van der Waals surface area contributed by atoms with E-state index in [9.17, 15) is 9.59 Å². The summed E-state index contributed by atoms with van der Waals surface area (Å²) in [5, 5.41) is 6.26. The monoisotopic (exact) mass is 341 g/mol. The summed E-state index contributed by atoms with van der Waals surface area (Å²) in [6.07, 6.45) is 6.43. The van der Waals surface area contributed by atoms with Crippen molar-refractivity contribution >= 4 is 22.9 Å². The molecule has 2 aromatic rings. The molecule has 0 saturated heterocycles. The van der Waals surface area contributed by atoms with Crippen molar-refractivity contribution in [1.82, 2.24) is 15.6 Å². The summed E-state index contributed by atoms with van der Waals surface area (Å²) in [6.45, 7) is 5.58. The van der Waals surface area contributed by atoms with E-state index in [4.69, 9.17) is 11.2 Å². The second-order valence-electron chi connectivity index (χ2n) is 6.65. The van der Waals surface area contributed by atoms with E-state index in [1.165, 1.54) is 0 Å². The van der Waals surface area contributed by atoms with E-state index in [0.29, 0.717) is 0 Å². The number of terminal acetylenes is 1. The summed E-state index contributed by atoms with van der Waals surface area (Å²) >= 11 is 0. The first-order valence-electron chi connectivity index (χ1n) is 8.06. The smallest absolute Gasteiger partial charge is 0.407 e. The van der Waals surface area contributed by atoms with Crippen LogP contribution in [0.3, 0.4) is 0 Å². The number of ether oxygens (including phenoxy) is 1. The molecule has 2 amide bonds. The fourth-order valence-corrected chi connectivity index (χ4v) is 2.49. The molecule has 2 rings (SSSR count). The molecule has 0 spiro atoms. The van der Waals surface area contributed by atoms with E-state index >= 15 is 0 Å². The Morgan fingerprint density at radius 3 is 2.68 bits per heavy atom. The number of aromatic amines is 1. The molecule has 0 fully saturated rings. The van der Waals surface area contributed by atoms with Crippen LogP contribution < -0.4 is 10.6 Å². The zero-order chi connectivity index (χ0) is 18.4. The molecule has 0 aliphatic heterocycles. The van der Waals surface area contributed by atoms with Gasteiger partial charge in [-0.1, -0.05) is 24.1 Å². The van der Waals surface area contributed by atoms with E-state index in [0.717, 1.165) is 16.5 Å². The van der Waals surface area contributed by atoms with Crippen molar-refractivity contribution in [3.05, 3.63) is 36.0 Å². The first-order valence-corrected chi connectivity index (χ1v) is 8.06. The number of para-hydroxylation sites is 1. The molecule has 1 aromatic heterocycles. The Balaban J connectivity index is 2.20. The van der Waals surface area contributed by atoms with Crippen molar-refractivity contribution in [3.63, 3.8) is 0 Å². The number of carbonyl (C=O) groups is 2. The van der Waals surface area contributed by atoms with Crippen LogP contribution in [-0.2, 0) is 9.53 Å². The lowest BCUT2D eigenvalue weighted by Crippen LogP contribution is -2.39. The maximum absolute atomic E-state index is 12.5. The number of rotatable bonds is 5. The Kier molecular flexibility index (Phi) is 5.71. The summed E-state index contributed by atoms with van der Waals surface area (Å²) in [4.78, 5) is 27.6. The molecule has 0 aliphatic rings. The van der Waals surface area contributed by atoms with Gasteiger partial charge in [0, 0.05) is 23.6 Å². The minimum Gasteiger partial charge on any atom is -0.444 e. The molecule has 0 radical (unpaired) electrons. The fourth-order valence-electron chi connectivity index (χ4n) is 2.49. The Morgan fingerprint density at radius 1 is 1.28 bits per heavy atom. The van der Waals surface area contributed by atoms with E-state index in [1.807, 2.05) is 24.3 Å². The first kappa shape index (κ1) is 18.4. The van der Waals surface area contributed by atoms with E-state index < -0.39 is 17.6 Å². The Labute approximate surface area is 147 Å². The Hall–Kier alpha value is -2.94. The number of carbonyl (C=O) groups excluding carboxylic acids is 2. The first-order chi connectivity index (χ1) is 11.8. The molecule has 0 aliphatic carbocycles. The van der Waals surface area contributed by atoms with Crippen molar-refractivity contribution in [3.8, 4) is 12.3 Å². The molecule has 6 nitrogen and oxygen atoms in total. The maximum Gasteiger partial charge on any atom is 0.407 e. The normalized spacial score (nSPS) is 12.2. The highest BCUT2D eigenvalue weighted by Gasteiger charge is 2.25. The predicted octanol–water partition coefficient (Wildman–Crippen LogP) is 2.53. The Bertz CT molecular complexity index is 796. The van der Waals surface area contributed by atoms with Gasteiger partial charge < -0.3 is 20.4 Å². The number of fused-ring (bicyclic) bond motifs is 1. The van der Waals surface area contributed by atoms with Crippen LogP contribution in [0.25, 0.3) is 10.9 Å². The predicted molar refractivity (Wildman–Crippen MR) is 97.1 cm³/mol. The van der Waals surface area contributed by atoms with E-state index in [2.05, 4.69) is 21.5 Å². The molecular formula is C19H23N3O3. The number of hydrogen-bond acceptors (Lipinski definition) is 3. The van der Waals surface area contributed by atoms with E-state index in [-0.39, 0.29) is 19.0 Å². The lowest BCUT2D eigenvalue weighted by Gasteiger charge is -2.21. The minimum absolute atomic E-state index is 0.104. The summed E-state index contributed by atoms with van der Waals surface area (Å²) in [7, 11) is 0. The summed E-state index contributed by atoms with van der Waals surface area (Å²) < 4.78 is 5.23. The lowest BCUT2D eigenvalue weighted by molar-refractivity contribution is -0.122. The van der Waals surface area contributed by atoms with Crippen LogP contribution in [0.1, 0.15) is 32.3 Å². The standard InChI is InChI=1S/C19H23N3O3/c1-5-10-20-17(23)15(12-22-18(24)25-19(2,3)4)14-11-21-16-9-7-6-8-13(14)16/h1,6-9,11,15,21H,10,12H2,2-4H3,(H,20,23)(H,22,24)/t15-/m1/s1. The zero-order valence-corrected chi connectivity index (χ0v) is 14.7. The third-order valence-electron chi connectivity index (χ3n) is 3.53. The maximum atomic E-state index is 12.5. The molecular weight excluding hydrogens is 318 g/mol. The quantitative estimate of drug-likeness (QED) is 0.731. The molecule has 132 valence electrons. The molecule has 1 atom stereocenters. The topological polar surface area (TPSA) is 83.2 Å². The van der Waals surface area contributed by atoms with E-state index in [1.54, 1.807) is 27.0 Å². The summed E-state index contributed by atoms with van der Waals surface area (Å²) in [5.74, 6) is 1.54. The lowest BCUT2D eigenvalue weighted by atomic mass is 9.97.